The Morgan fingerprint density at radius 1 is 1.08 bits per heavy atom. The third-order valence-corrected chi connectivity index (χ3v) is 4.18. The van der Waals surface area contributed by atoms with Gasteiger partial charge in [-0.1, -0.05) is 0 Å². The minimum Gasteiger partial charge on any atom is -0.497 e. The largest absolute Gasteiger partial charge is 0.497 e. The zero-order valence-electron chi connectivity index (χ0n) is 13.5. The minimum absolute atomic E-state index is 0.0106. The summed E-state index contributed by atoms with van der Waals surface area (Å²) < 4.78 is 36.8. The van der Waals surface area contributed by atoms with E-state index in [1.807, 2.05) is 0 Å². The van der Waals surface area contributed by atoms with Gasteiger partial charge < -0.3 is 14.8 Å². The van der Waals surface area contributed by atoms with Crippen molar-refractivity contribution in [1.82, 2.24) is 0 Å². The Balaban J connectivity index is 2.03. The first-order valence-electron chi connectivity index (χ1n) is 7.08. The van der Waals surface area contributed by atoms with Gasteiger partial charge in [-0.05, 0) is 30.3 Å². The maximum absolute atomic E-state index is 13.8. The van der Waals surface area contributed by atoms with Gasteiger partial charge in [0.2, 0.25) is 5.91 Å². The first-order chi connectivity index (χ1) is 11.9. The number of esters is 1. The van der Waals surface area contributed by atoms with Crippen molar-refractivity contribution < 1.29 is 27.8 Å². The van der Waals surface area contributed by atoms with E-state index in [-0.39, 0.29) is 11.4 Å². The van der Waals surface area contributed by atoms with Crippen molar-refractivity contribution >= 4 is 29.3 Å². The van der Waals surface area contributed by atoms with Crippen LogP contribution in [0, 0.1) is 11.6 Å². The summed E-state index contributed by atoms with van der Waals surface area (Å²) in [7, 11) is 2.63. The molecule has 0 fully saturated rings. The van der Waals surface area contributed by atoms with Crippen molar-refractivity contribution in [2.24, 2.45) is 0 Å². The van der Waals surface area contributed by atoms with Crippen molar-refractivity contribution in [2.45, 2.75) is 4.90 Å². The number of rotatable bonds is 6. The number of methoxy groups -OCH3 is 2. The van der Waals surface area contributed by atoms with Gasteiger partial charge in [0.1, 0.15) is 17.4 Å². The summed E-state index contributed by atoms with van der Waals surface area (Å²) in [6.07, 6.45) is 0. The zero-order valence-corrected chi connectivity index (χ0v) is 14.3. The fraction of sp³-hybridized carbons (Fsp3) is 0.176. The molecule has 1 N–H and O–H groups in total. The molecule has 2 rings (SSSR count). The van der Waals surface area contributed by atoms with E-state index in [0.717, 1.165) is 18.1 Å². The Bertz CT molecular complexity index is 781. The highest BCUT2D eigenvalue weighted by molar-refractivity contribution is 8.00. The van der Waals surface area contributed by atoms with Crippen molar-refractivity contribution in [3.63, 3.8) is 0 Å². The molecule has 8 heteroatoms. The Kier molecular flexibility index (Phi) is 6.35. The van der Waals surface area contributed by atoms with Crippen LogP contribution in [0.1, 0.15) is 10.4 Å². The van der Waals surface area contributed by atoms with Gasteiger partial charge in [-0.15, -0.1) is 11.8 Å². The van der Waals surface area contributed by atoms with Crippen LogP contribution in [0.5, 0.6) is 5.75 Å². The highest BCUT2D eigenvalue weighted by Crippen LogP contribution is 2.23. The third kappa shape index (κ3) is 4.93. The average molecular weight is 367 g/mol. The Hall–Kier alpha value is -2.61. The fourth-order valence-electron chi connectivity index (χ4n) is 1.92. The number of hydrogen-bond donors (Lipinski definition) is 1. The standard InChI is InChI=1S/C17H15F2NO4S/c1-23-10-3-5-11(6-4-10)25-9-16(21)20-15-7-12(17(22)24-2)13(18)8-14(15)19/h3-8H,9H2,1-2H3,(H,20,21). The highest BCUT2D eigenvalue weighted by Gasteiger charge is 2.17. The quantitative estimate of drug-likeness (QED) is 0.625. The van der Waals surface area contributed by atoms with Crippen molar-refractivity contribution in [3.8, 4) is 5.75 Å². The molecular formula is C17H15F2NO4S. The van der Waals surface area contributed by atoms with Crippen molar-refractivity contribution in [2.75, 3.05) is 25.3 Å². The fourth-order valence-corrected chi connectivity index (χ4v) is 2.62. The molecule has 0 bridgehead atoms. The molecule has 0 saturated carbocycles. The second-order valence-electron chi connectivity index (χ2n) is 4.82. The molecular weight excluding hydrogens is 352 g/mol. The number of ether oxygens (including phenoxy) is 2. The molecule has 0 radical (unpaired) electrons. The molecule has 5 nitrogen and oxygen atoms in total. The molecule has 0 unspecified atom stereocenters. The maximum Gasteiger partial charge on any atom is 0.340 e. The summed E-state index contributed by atoms with van der Waals surface area (Å²) in [6, 6.07) is 8.51. The lowest BCUT2D eigenvalue weighted by molar-refractivity contribution is -0.113. The number of anilines is 1. The second-order valence-corrected chi connectivity index (χ2v) is 5.86. The Labute approximate surface area is 147 Å². The minimum atomic E-state index is -1.06. The molecule has 2 aromatic rings. The van der Waals surface area contributed by atoms with Crippen LogP contribution in [0.15, 0.2) is 41.3 Å². The summed E-state index contributed by atoms with van der Waals surface area (Å²) in [6.45, 7) is 0. The van der Waals surface area contributed by atoms with E-state index in [2.05, 4.69) is 10.1 Å². The summed E-state index contributed by atoms with van der Waals surface area (Å²) in [5.41, 5.74) is -0.746. The molecule has 0 aliphatic carbocycles. The van der Waals surface area contributed by atoms with E-state index in [1.54, 1.807) is 31.4 Å². The predicted octanol–water partition coefficient (Wildman–Crippen LogP) is 3.49. The van der Waals surface area contributed by atoms with Gasteiger partial charge in [0, 0.05) is 11.0 Å². The summed E-state index contributed by atoms with van der Waals surface area (Å²) in [5, 5.41) is 2.32. The monoisotopic (exact) mass is 367 g/mol. The molecule has 25 heavy (non-hydrogen) atoms. The normalized spacial score (nSPS) is 10.2. The van der Waals surface area contributed by atoms with Gasteiger partial charge in [0.05, 0.1) is 31.2 Å². The topological polar surface area (TPSA) is 64.6 Å². The summed E-state index contributed by atoms with van der Waals surface area (Å²) in [5.74, 6) is -2.79. The number of hydrogen-bond acceptors (Lipinski definition) is 5. The lowest BCUT2D eigenvalue weighted by atomic mass is 10.1. The van der Waals surface area contributed by atoms with E-state index in [0.29, 0.717) is 11.8 Å². The number of nitrogens with one attached hydrogen (secondary N) is 1. The number of thioether (sulfide) groups is 1. The van der Waals surface area contributed by atoms with Crippen LogP contribution in [0.25, 0.3) is 0 Å². The van der Waals surface area contributed by atoms with E-state index in [1.165, 1.54) is 11.8 Å². The number of halogens is 2. The Morgan fingerprint density at radius 3 is 2.36 bits per heavy atom. The van der Waals surface area contributed by atoms with Crippen LogP contribution in [-0.2, 0) is 9.53 Å². The summed E-state index contributed by atoms with van der Waals surface area (Å²) >= 11 is 1.24. The van der Waals surface area contributed by atoms with Gasteiger partial charge in [-0.3, -0.25) is 4.79 Å². The third-order valence-electron chi connectivity index (χ3n) is 3.17. The molecule has 0 aliphatic rings. The molecule has 0 atom stereocenters. The number of amides is 1. The second kappa shape index (κ2) is 8.48. The van der Waals surface area contributed by atoms with Gasteiger partial charge >= 0.3 is 5.97 Å². The maximum atomic E-state index is 13.8. The first kappa shape index (κ1) is 18.7. The molecule has 0 aromatic heterocycles. The molecule has 0 heterocycles. The average Bonchev–Trinajstić information content (AvgIpc) is 2.62. The summed E-state index contributed by atoms with van der Waals surface area (Å²) in [4.78, 5) is 24.2. The number of carbonyl (C=O) groups excluding carboxylic acids is 2. The zero-order chi connectivity index (χ0) is 18.4. The van der Waals surface area contributed by atoms with E-state index in [4.69, 9.17) is 4.74 Å². The molecule has 0 spiro atoms. The van der Waals surface area contributed by atoms with E-state index in [9.17, 15) is 18.4 Å². The lowest BCUT2D eigenvalue weighted by Gasteiger charge is -2.09. The van der Waals surface area contributed by atoms with Crippen LogP contribution in [0.3, 0.4) is 0 Å². The molecule has 0 saturated heterocycles. The van der Waals surface area contributed by atoms with Crippen molar-refractivity contribution in [3.05, 3.63) is 53.6 Å². The van der Waals surface area contributed by atoms with Crippen LogP contribution in [0.2, 0.25) is 0 Å². The van der Waals surface area contributed by atoms with Gasteiger partial charge in [0.25, 0.3) is 0 Å². The first-order valence-corrected chi connectivity index (χ1v) is 8.07. The highest BCUT2D eigenvalue weighted by atomic mass is 32.2. The van der Waals surface area contributed by atoms with E-state index < -0.39 is 29.1 Å². The smallest absolute Gasteiger partial charge is 0.340 e. The molecule has 1 amide bonds. The lowest BCUT2D eigenvalue weighted by Crippen LogP contribution is -2.16. The molecule has 132 valence electrons. The molecule has 2 aromatic carbocycles. The van der Waals surface area contributed by atoms with Crippen LogP contribution < -0.4 is 10.1 Å². The van der Waals surface area contributed by atoms with Crippen LogP contribution in [-0.4, -0.2) is 31.8 Å². The van der Waals surface area contributed by atoms with Crippen molar-refractivity contribution in [1.29, 1.82) is 0 Å². The SMILES string of the molecule is COC(=O)c1cc(NC(=O)CSc2ccc(OC)cc2)c(F)cc1F. The van der Waals surface area contributed by atoms with Gasteiger partial charge in [-0.25, -0.2) is 13.6 Å². The molecule has 0 aliphatic heterocycles. The van der Waals surface area contributed by atoms with Crippen LogP contribution in [0.4, 0.5) is 14.5 Å². The van der Waals surface area contributed by atoms with Gasteiger partial charge in [0.15, 0.2) is 0 Å². The predicted molar refractivity (Wildman–Crippen MR) is 90.0 cm³/mol. The van der Waals surface area contributed by atoms with Crippen LogP contribution >= 0.6 is 11.8 Å². The van der Waals surface area contributed by atoms with E-state index >= 15 is 0 Å². The number of carbonyl (C=O) groups is 2. The number of benzene rings is 2. The van der Waals surface area contributed by atoms with Gasteiger partial charge in [-0.2, -0.15) is 0 Å². The Morgan fingerprint density at radius 2 is 1.76 bits per heavy atom.